The van der Waals surface area contributed by atoms with Crippen LogP contribution in [0.2, 0.25) is 0 Å². The molecule has 2 atom stereocenters. The quantitative estimate of drug-likeness (QED) is 0.807. The Morgan fingerprint density at radius 3 is 2.59 bits per heavy atom. The molecule has 5 nitrogen and oxygen atoms in total. The number of hydrogen-bond donors (Lipinski definition) is 1. The van der Waals surface area contributed by atoms with Crippen LogP contribution < -0.4 is 0 Å². The Hall–Kier alpha value is -0.650. The smallest absolute Gasteiger partial charge is 0.236 e. The van der Waals surface area contributed by atoms with Gasteiger partial charge < -0.3 is 14.7 Å². The molecule has 0 radical (unpaired) electrons. The first-order valence-corrected chi connectivity index (χ1v) is 8.82. The molecule has 5 heteroatoms. The summed E-state index contributed by atoms with van der Waals surface area (Å²) in [6, 6.07) is 0. The molecule has 0 bridgehead atoms. The molecule has 2 aliphatic rings. The van der Waals surface area contributed by atoms with Gasteiger partial charge >= 0.3 is 0 Å². The molecule has 22 heavy (non-hydrogen) atoms. The number of nitrogens with zero attached hydrogens (tertiary/aromatic N) is 2. The van der Waals surface area contributed by atoms with E-state index in [0.717, 1.165) is 6.54 Å². The zero-order valence-electron chi connectivity index (χ0n) is 14.2. The van der Waals surface area contributed by atoms with Crippen LogP contribution in [0.4, 0.5) is 0 Å². The fourth-order valence-electron chi connectivity index (χ4n) is 3.41. The van der Waals surface area contributed by atoms with Crippen molar-refractivity contribution in [2.45, 2.75) is 57.7 Å². The summed E-state index contributed by atoms with van der Waals surface area (Å²) in [5.74, 6) is 0.834. The number of likely N-dealkylation sites (N-methyl/N-ethyl adjacent to an activating group) is 1. The number of likely N-dealkylation sites (tertiary alicyclic amines) is 1. The van der Waals surface area contributed by atoms with Crippen LogP contribution in [0.25, 0.3) is 0 Å². The van der Waals surface area contributed by atoms with Gasteiger partial charge in [0.25, 0.3) is 0 Å². The van der Waals surface area contributed by atoms with E-state index in [-0.39, 0.29) is 12.0 Å². The normalized spacial score (nSPS) is 27.4. The minimum absolute atomic E-state index is 0.167. The molecule has 0 aromatic heterocycles. The molecule has 0 spiro atoms. The predicted octanol–water partition coefficient (Wildman–Crippen LogP) is 1.50. The molecule has 128 valence electrons. The van der Waals surface area contributed by atoms with Crippen molar-refractivity contribution in [3.8, 4) is 0 Å². The Bertz CT molecular complexity index is 343. The van der Waals surface area contributed by atoms with E-state index in [2.05, 4.69) is 6.92 Å². The van der Waals surface area contributed by atoms with E-state index in [1.165, 1.54) is 25.7 Å². The third-order valence-electron chi connectivity index (χ3n) is 5.06. The monoisotopic (exact) mass is 312 g/mol. The Labute approximate surface area is 134 Å². The summed E-state index contributed by atoms with van der Waals surface area (Å²) in [4.78, 5) is 16.1. The second kappa shape index (κ2) is 8.85. The largest absolute Gasteiger partial charge is 0.393 e. The van der Waals surface area contributed by atoms with E-state index in [4.69, 9.17) is 4.74 Å². The lowest BCUT2D eigenvalue weighted by atomic mass is 9.88. The van der Waals surface area contributed by atoms with Crippen molar-refractivity contribution in [2.75, 3.05) is 39.8 Å². The van der Waals surface area contributed by atoms with Gasteiger partial charge in [0.1, 0.15) is 0 Å². The average molecular weight is 312 g/mol. The summed E-state index contributed by atoms with van der Waals surface area (Å²) in [6.07, 6.45) is 6.66. The summed E-state index contributed by atoms with van der Waals surface area (Å²) in [6.45, 7) is 5.60. The van der Waals surface area contributed by atoms with Gasteiger partial charge in [-0.2, -0.15) is 0 Å². The number of aliphatic hydroxyl groups is 1. The maximum atomic E-state index is 12.2. The van der Waals surface area contributed by atoms with Crippen molar-refractivity contribution in [2.24, 2.45) is 5.92 Å². The number of hydrogen-bond acceptors (Lipinski definition) is 4. The van der Waals surface area contributed by atoms with E-state index in [0.29, 0.717) is 51.1 Å². The van der Waals surface area contributed by atoms with Crippen molar-refractivity contribution >= 4 is 5.91 Å². The Kier molecular flexibility index (Phi) is 7.12. The van der Waals surface area contributed by atoms with Gasteiger partial charge in [0.2, 0.25) is 5.91 Å². The number of carbonyl (C=O) groups excluding carboxylic acids is 1. The summed E-state index contributed by atoms with van der Waals surface area (Å²) < 4.78 is 6.01. The van der Waals surface area contributed by atoms with Crippen molar-refractivity contribution in [1.82, 2.24) is 9.80 Å². The van der Waals surface area contributed by atoms with Gasteiger partial charge in [0.15, 0.2) is 0 Å². The van der Waals surface area contributed by atoms with E-state index < -0.39 is 0 Å². The molecule has 2 unspecified atom stereocenters. The summed E-state index contributed by atoms with van der Waals surface area (Å²) in [7, 11) is 1.98. The van der Waals surface area contributed by atoms with Crippen molar-refractivity contribution in [3.05, 3.63) is 0 Å². The first-order valence-electron chi connectivity index (χ1n) is 8.82. The minimum Gasteiger partial charge on any atom is -0.393 e. The highest BCUT2D eigenvalue weighted by atomic mass is 16.5. The average Bonchev–Trinajstić information content (AvgIpc) is 2.50. The maximum Gasteiger partial charge on any atom is 0.236 e. The van der Waals surface area contributed by atoms with Gasteiger partial charge in [-0.3, -0.25) is 9.69 Å². The SMILES string of the molecule is CC1CCCCC1OCCN(C)CC(=O)N1CCC(O)CC1. The third kappa shape index (κ3) is 5.52. The molecule has 1 aliphatic heterocycles. The molecule has 1 N–H and O–H groups in total. The fourth-order valence-corrected chi connectivity index (χ4v) is 3.41. The highest BCUT2D eigenvalue weighted by Crippen LogP contribution is 2.26. The number of aliphatic hydroxyl groups excluding tert-OH is 1. The first-order chi connectivity index (χ1) is 10.6. The van der Waals surface area contributed by atoms with Crippen LogP contribution in [0.3, 0.4) is 0 Å². The lowest BCUT2D eigenvalue weighted by molar-refractivity contribution is -0.134. The molecule has 1 aliphatic carbocycles. The maximum absolute atomic E-state index is 12.2. The Morgan fingerprint density at radius 1 is 1.23 bits per heavy atom. The lowest BCUT2D eigenvalue weighted by Gasteiger charge is -2.31. The number of ether oxygens (including phenoxy) is 1. The van der Waals surface area contributed by atoms with E-state index in [1.807, 2.05) is 16.8 Å². The highest BCUT2D eigenvalue weighted by Gasteiger charge is 2.23. The number of piperidine rings is 1. The Balaban J connectivity index is 1.60. The molecule has 0 aromatic rings. The second-order valence-corrected chi connectivity index (χ2v) is 7.02. The van der Waals surface area contributed by atoms with Crippen LogP contribution in [0.5, 0.6) is 0 Å². The molecule has 0 aromatic carbocycles. The van der Waals surface area contributed by atoms with Crippen molar-refractivity contribution in [1.29, 1.82) is 0 Å². The number of carbonyl (C=O) groups is 1. The molecular weight excluding hydrogens is 280 g/mol. The van der Waals surface area contributed by atoms with Crippen molar-refractivity contribution < 1.29 is 14.6 Å². The van der Waals surface area contributed by atoms with Crippen LogP contribution in [-0.2, 0) is 9.53 Å². The predicted molar refractivity (Wildman–Crippen MR) is 86.7 cm³/mol. The zero-order chi connectivity index (χ0) is 15.9. The van der Waals surface area contributed by atoms with Gasteiger partial charge in [-0.25, -0.2) is 0 Å². The Morgan fingerprint density at radius 2 is 1.91 bits per heavy atom. The zero-order valence-corrected chi connectivity index (χ0v) is 14.2. The van der Waals surface area contributed by atoms with Crippen molar-refractivity contribution in [3.63, 3.8) is 0 Å². The number of amides is 1. The summed E-state index contributed by atoms with van der Waals surface area (Å²) >= 11 is 0. The fraction of sp³-hybridized carbons (Fsp3) is 0.941. The van der Waals surface area contributed by atoms with Gasteiger partial charge in [0.05, 0.1) is 25.4 Å². The third-order valence-corrected chi connectivity index (χ3v) is 5.06. The first kappa shape index (κ1) is 17.7. The molecule has 1 saturated heterocycles. The lowest BCUT2D eigenvalue weighted by Crippen LogP contribution is -2.45. The molecule has 1 amide bonds. The highest BCUT2D eigenvalue weighted by molar-refractivity contribution is 5.78. The van der Waals surface area contributed by atoms with Gasteiger partial charge in [-0.05, 0) is 38.6 Å². The van der Waals surface area contributed by atoms with Gasteiger partial charge in [0, 0.05) is 19.6 Å². The standard InChI is InChI=1S/C17H32N2O3/c1-14-5-3-4-6-16(14)22-12-11-18(2)13-17(21)19-9-7-15(20)8-10-19/h14-16,20H,3-13H2,1-2H3. The molecule has 1 heterocycles. The van der Waals surface area contributed by atoms with Crippen LogP contribution >= 0.6 is 0 Å². The van der Waals surface area contributed by atoms with Crippen LogP contribution in [0.15, 0.2) is 0 Å². The van der Waals surface area contributed by atoms with E-state index in [9.17, 15) is 9.90 Å². The summed E-state index contributed by atoms with van der Waals surface area (Å²) in [5.41, 5.74) is 0. The molecule has 2 fully saturated rings. The molecular formula is C17H32N2O3. The van der Waals surface area contributed by atoms with E-state index in [1.54, 1.807) is 0 Å². The van der Waals surface area contributed by atoms with Gasteiger partial charge in [-0.15, -0.1) is 0 Å². The number of rotatable bonds is 6. The second-order valence-electron chi connectivity index (χ2n) is 7.02. The van der Waals surface area contributed by atoms with Crippen LogP contribution in [0, 0.1) is 5.92 Å². The van der Waals surface area contributed by atoms with E-state index >= 15 is 0 Å². The topological polar surface area (TPSA) is 53.0 Å². The van der Waals surface area contributed by atoms with Crippen LogP contribution in [0.1, 0.15) is 45.4 Å². The summed E-state index contributed by atoms with van der Waals surface area (Å²) in [5, 5.41) is 9.49. The molecule has 2 rings (SSSR count). The minimum atomic E-state index is -0.229. The molecule has 1 saturated carbocycles. The van der Waals surface area contributed by atoms with Crippen LogP contribution in [-0.4, -0.2) is 72.9 Å². The van der Waals surface area contributed by atoms with Gasteiger partial charge in [-0.1, -0.05) is 19.8 Å².